The zero-order valence-corrected chi connectivity index (χ0v) is 22.2. The molecule has 1 N–H and O–H groups in total. The molecule has 41 heavy (non-hydrogen) atoms. The van der Waals surface area contributed by atoms with E-state index in [1.54, 1.807) is 16.9 Å². The standard InChI is InChI=1S/C28H30F3N7O3/c29-28(30,31)41-6-4-37-19-7-20(37)13-36(12-19)25-2-1-17(10-33-25)22-8-21(14-38-26(22)18(9-32)11-34-38)40-5-3-35-15-23-24(16-35)27(23)39/h1-2,8,10-11,14,19-20,23-24,27,39H,3-7,12-13,15-16H2. The highest BCUT2D eigenvalue weighted by Gasteiger charge is 2.54. The Bertz CT molecular complexity index is 1450. The van der Waals surface area contributed by atoms with E-state index in [9.17, 15) is 23.5 Å². The molecular formula is C28H30F3N7O3. The minimum Gasteiger partial charge on any atom is -0.491 e. The maximum absolute atomic E-state index is 12.3. The van der Waals surface area contributed by atoms with Crippen LogP contribution in [0.5, 0.6) is 5.75 Å². The van der Waals surface area contributed by atoms with Crippen LogP contribution >= 0.6 is 0 Å². The van der Waals surface area contributed by atoms with E-state index < -0.39 is 6.36 Å². The van der Waals surface area contributed by atoms with Crippen molar-refractivity contribution in [3.05, 3.63) is 42.4 Å². The van der Waals surface area contributed by atoms with Crippen molar-refractivity contribution in [3.8, 4) is 22.9 Å². The predicted molar refractivity (Wildman–Crippen MR) is 141 cm³/mol. The molecule has 1 saturated carbocycles. The molecule has 216 valence electrons. The number of nitriles is 1. The molecule has 0 spiro atoms. The first-order valence-corrected chi connectivity index (χ1v) is 13.9. The Morgan fingerprint density at radius 1 is 1.05 bits per heavy atom. The van der Waals surface area contributed by atoms with E-state index >= 15 is 0 Å². The number of pyridine rings is 2. The lowest BCUT2D eigenvalue weighted by Crippen LogP contribution is -2.69. The fraction of sp³-hybridized carbons (Fsp3) is 0.536. The first-order chi connectivity index (χ1) is 19.8. The zero-order valence-electron chi connectivity index (χ0n) is 22.2. The third kappa shape index (κ3) is 5.10. The highest BCUT2D eigenvalue weighted by atomic mass is 19.4. The number of hydrogen-bond acceptors (Lipinski definition) is 9. The molecule has 4 unspecified atom stereocenters. The summed E-state index contributed by atoms with van der Waals surface area (Å²) in [6, 6.07) is 8.40. The molecule has 7 heterocycles. The van der Waals surface area contributed by atoms with Crippen LogP contribution in [0.25, 0.3) is 16.6 Å². The lowest BCUT2D eigenvalue weighted by atomic mass is 9.87. The number of piperazine rings is 1. The highest BCUT2D eigenvalue weighted by molar-refractivity contribution is 5.85. The van der Waals surface area contributed by atoms with E-state index in [4.69, 9.17) is 9.72 Å². The summed E-state index contributed by atoms with van der Waals surface area (Å²) in [4.78, 5) is 11.3. The van der Waals surface area contributed by atoms with Gasteiger partial charge in [-0.2, -0.15) is 10.4 Å². The van der Waals surface area contributed by atoms with Crippen LogP contribution in [0.3, 0.4) is 0 Å². The average Bonchev–Trinajstić information content (AvgIpc) is 3.29. The van der Waals surface area contributed by atoms with Gasteiger partial charge in [0.05, 0.1) is 36.2 Å². The zero-order chi connectivity index (χ0) is 28.3. The van der Waals surface area contributed by atoms with Gasteiger partial charge in [0.1, 0.15) is 24.2 Å². The van der Waals surface area contributed by atoms with Gasteiger partial charge in [-0.05, 0) is 24.6 Å². The molecule has 0 aromatic carbocycles. The van der Waals surface area contributed by atoms with Crippen molar-refractivity contribution < 1.29 is 27.8 Å². The summed E-state index contributed by atoms with van der Waals surface area (Å²) < 4.78 is 48.7. The number of ether oxygens (including phenoxy) is 2. The Kier molecular flexibility index (Phi) is 6.54. The van der Waals surface area contributed by atoms with Gasteiger partial charge in [-0.15, -0.1) is 13.2 Å². The number of aliphatic hydroxyl groups is 1. The molecule has 3 aromatic rings. The quantitative estimate of drug-likeness (QED) is 0.416. The van der Waals surface area contributed by atoms with Crippen molar-refractivity contribution in [2.24, 2.45) is 11.8 Å². The molecular weight excluding hydrogens is 539 g/mol. The Labute approximate surface area is 234 Å². The first-order valence-electron chi connectivity index (χ1n) is 13.9. The van der Waals surface area contributed by atoms with E-state index in [0.717, 1.165) is 43.0 Å². The third-order valence-electron chi connectivity index (χ3n) is 8.95. The van der Waals surface area contributed by atoms with Crippen molar-refractivity contribution in [2.75, 3.05) is 57.4 Å². The number of piperidine rings is 2. The minimum absolute atomic E-state index is 0.131. The van der Waals surface area contributed by atoms with Gasteiger partial charge >= 0.3 is 6.36 Å². The van der Waals surface area contributed by atoms with Crippen LogP contribution in [0.15, 0.2) is 36.8 Å². The lowest BCUT2D eigenvalue weighted by molar-refractivity contribution is -0.326. The summed E-state index contributed by atoms with van der Waals surface area (Å²) in [7, 11) is 0. The number of rotatable bonds is 9. The van der Waals surface area contributed by atoms with Gasteiger partial charge in [-0.3, -0.25) is 14.5 Å². The van der Waals surface area contributed by atoms with Crippen LogP contribution in [0.1, 0.15) is 12.0 Å². The Morgan fingerprint density at radius 2 is 1.83 bits per heavy atom. The molecule has 4 aliphatic heterocycles. The largest absolute Gasteiger partial charge is 0.522 e. The van der Waals surface area contributed by atoms with Gasteiger partial charge in [-0.1, -0.05) is 0 Å². The fourth-order valence-corrected chi connectivity index (χ4v) is 6.77. The van der Waals surface area contributed by atoms with Crippen molar-refractivity contribution in [2.45, 2.75) is 31.0 Å². The number of aromatic nitrogens is 3. The molecule has 0 radical (unpaired) electrons. The molecule has 3 aromatic heterocycles. The van der Waals surface area contributed by atoms with Crippen molar-refractivity contribution in [3.63, 3.8) is 0 Å². The van der Waals surface area contributed by atoms with Crippen molar-refractivity contribution in [1.82, 2.24) is 24.4 Å². The lowest BCUT2D eigenvalue weighted by Gasteiger charge is -2.56. The molecule has 13 heteroatoms. The molecule has 0 amide bonds. The Hall–Kier alpha value is -3.44. The minimum atomic E-state index is -4.60. The number of halogens is 3. The summed E-state index contributed by atoms with van der Waals surface area (Å²) in [5.74, 6) is 2.27. The number of alkyl halides is 3. The van der Waals surface area contributed by atoms with Crippen LogP contribution < -0.4 is 9.64 Å². The predicted octanol–water partition coefficient (Wildman–Crippen LogP) is 2.37. The molecule has 2 bridgehead atoms. The van der Waals surface area contributed by atoms with Gasteiger partial charge in [0, 0.05) is 80.5 Å². The maximum Gasteiger partial charge on any atom is 0.522 e. The molecule has 1 aliphatic carbocycles. The fourth-order valence-electron chi connectivity index (χ4n) is 6.77. The van der Waals surface area contributed by atoms with Crippen LogP contribution in [-0.4, -0.2) is 107 Å². The van der Waals surface area contributed by atoms with Crippen LogP contribution in [-0.2, 0) is 4.74 Å². The van der Waals surface area contributed by atoms with Crippen molar-refractivity contribution >= 4 is 11.3 Å². The van der Waals surface area contributed by atoms with E-state index in [0.29, 0.717) is 48.4 Å². The molecule has 10 nitrogen and oxygen atoms in total. The normalized spacial score (nSPS) is 27.5. The van der Waals surface area contributed by atoms with Gasteiger partial charge in [0.25, 0.3) is 0 Å². The second kappa shape index (κ2) is 10.1. The van der Waals surface area contributed by atoms with Crippen LogP contribution in [0.2, 0.25) is 0 Å². The van der Waals surface area contributed by atoms with Gasteiger partial charge in [0.15, 0.2) is 0 Å². The first kappa shape index (κ1) is 26.5. The molecule has 4 atom stereocenters. The molecule has 4 saturated heterocycles. The monoisotopic (exact) mass is 569 g/mol. The average molecular weight is 570 g/mol. The van der Waals surface area contributed by atoms with Gasteiger partial charge < -0.3 is 14.7 Å². The van der Waals surface area contributed by atoms with E-state index in [2.05, 4.69) is 30.6 Å². The third-order valence-corrected chi connectivity index (χ3v) is 8.95. The number of anilines is 1. The summed E-state index contributed by atoms with van der Waals surface area (Å²) in [6.45, 7) is 4.39. The summed E-state index contributed by atoms with van der Waals surface area (Å²) >= 11 is 0. The number of likely N-dealkylation sites (tertiary alicyclic amines) is 1. The summed E-state index contributed by atoms with van der Waals surface area (Å²) in [5.41, 5.74) is 2.75. The number of hydrogen-bond donors (Lipinski definition) is 1. The molecule has 8 rings (SSSR count). The second-order valence-corrected chi connectivity index (χ2v) is 11.4. The maximum atomic E-state index is 12.3. The second-order valence-electron chi connectivity index (χ2n) is 11.4. The highest BCUT2D eigenvalue weighted by Crippen LogP contribution is 2.45. The molecule has 5 fully saturated rings. The Morgan fingerprint density at radius 3 is 2.51 bits per heavy atom. The number of fused-ring (bicyclic) bond motifs is 4. The van der Waals surface area contributed by atoms with E-state index in [1.165, 1.54) is 6.20 Å². The van der Waals surface area contributed by atoms with Gasteiger partial charge in [0.2, 0.25) is 0 Å². The smallest absolute Gasteiger partial charge is 0.491 e. The van der Waals surface area contributed by atoms with Crippen LogP contribution in [0.4, 0.5) is 19.0 Å². The Balaban J connectivity index is 1.03. The van der Waals surface area contributed by atoms with E-state index in [1.807, 2.05) is 18.2 Å². The molecule has 5 aliphatic rings. The number of nitrogens with zero attached hydrogens (tertiary/aromatic N) is 7. The van der Waals surface area contributed by atoms with Crippen molar-refractivity contribution in [1.29, 1.82) is 5.26 Å². The summed E-state index contributed by atoms with van der Waals surface area (Å²) in [6.07, 6.45) is 1.33. The van der Waals surface area contributed by atoms with E-state index in [-0.39, 0.29) is 31.3 Å². The van der Waals surface area contributed by atoms with Gasteiger partial charge in [-0.25, -0.2) is 9.50 Å². The topological polar surface area (TPSA) is 102 Å². The van der Waals surface area contributed by atoms with Crippen LogP contribution in [0, 0.1) is 23.2 Å². The number of aliphatic hydroxyl groups excluding tert-OH is 1. The SMILES string of the molecule is N#Cc1cnn2cc(OCCN3CC4C(O)C4C3)cc(-c3ccc(N4CC5CC(C4)N5CCOC(F)(F)F)nc3)c12. The summed E-state index contributed by atoms with van der Waals surface area (Å²) in [5, 5.41) is 23.8.